The molecule has 5 rings (SSSR count). The minimum atomic E-state index is -1.18. The van der Waals surface area contributed by atoms with Crippen LogP contribution in [-0.2, 0) is 5.60 Å². The molecule has 4 aromatic rings. The molecule has 0 radical (unpaired) electrons. The summed E-state index contributed by atoms with van der Waals surface area (Å²) in [6, 6.07) is 21.3. The zero-order valence-corrected chi connectivity index (χ0v) is 20.3. The Hall–Kier alpha value is -3.13. The normalized spacial score (nSPS) is 15.2. The highest BCUT2D eigenvalue weighted by atomic mass is 35.5. The van der Waals surface area contributed by atoms with Gasteiger partial charge in [0.25, 0.3) is 5.91 Å². The van der Waals surface area contributed by atoms with Gasteiger partial charge in [-0.3, -0.25) is 9.78 Å². The van der Waals surface area contributed by atoms with Crippen molar-refractivity contribution >= 4 is 46.0 Å². The molecule has 0 atom stereocenters. The van der Waals surface area contributed by atoms with E-state index in [4.69, 9.17) is 11.6 Å². The summed E-state index contributed by atoms with van der Waals surface area (Å²) >= 11 is 7.64. The Kier molecular flexibility index (Phi) is 6.65. The number of hydrogen-bond acceptors (Lipinski definition) is 5. The lowest BCUT2D eigenvalue weighted by atomic mass is 9.84. The van der Waals surface area contributed by atoms with Crippen molar-refractivity contribution < 1.29 is 14.3 Å². The SMILES string of the molecule is O=C(c1ccc(NSc2cccc3cccnc23)cc1)N1CCC(O)(c2ccc(F)cc2Cl)CC1. The average Bonchev–Trinajstić information content (AvgIpc) is 2.87. The summed E-state index contributed by atoms with van der Waals surface area (Å²) in [4.78, 5) is 20.2. The number of anilines is 1. The van der Waals surface area contributed by atoms with Crippen molar-refractivity contribution in [2.24, 2.45) is 0 Å². The van der Waals surface area contributed by atoms with E-state index in [1.807, 2.05) is 42.5 Å². The van der Waals surface area contributed by atoms with E-state index in [-0.39, 0.29) is 10.9 Å². The number of carbonyl (C=O) groups excluding carboxylic acids is 1. The van der Waals surface area contributed by atoms with Crippen LogP contribution in [0.15, 0.2) is 83.9 Å². The van der Waals surface area contributed by atoms with Crippen molar-refractivity contribution in [2.45, 2.75) is 23.3 Å². The molecule has 0 saturated carbocycles. The highest BCUT2D eigenvalue weighted by molar-refractivity contribution is 8.00. The summed E-state index contributed by atoms with van der Waals surface area (Å²) in [7, 11) is 0. The predicted molar refractivity (Wildman–Crippen MR) is 138 cm³/mol. The highest BCUT2D eigenvalue weighted by Crippen LogP contribution is 2.37. The number of piperidine rings is 1. The maximum atomic E-state index is 13.4. The molecule has 0 aliphatic carbocycles. The lowest BCUT2D eigenvalue weighted by molar-refractivity contribution is -0.0210. The van der Waals surface area contributed by atoms with Crippen LogP contribution in [0.4, 0.5) is 10.1 Å². The van der Waals surface area contributed by atoms with Gasteiger partial charge in [0.05, 0.1) is 16.0 Å². The van der Waals surface area contributed by atoms with E-state index in [0.717, 1.165) is 21.5 Å². The third kappa shape index (κ3) is 4.98. The Balaban J connectivity index is 1.21. The number of nitrogens with one attached hydrogen (secondary N) is 1. The van der Waals surface area contributed by atoms with Gasteiger partial charge in [0.15, 0.2) is 0 Å². The van der Waals surface area contributed by atoms with E-state index >= 15 is 0 Å². The second kappa shape index (κ2) is 9.85. The first-order valence-corrected chi connectivity index (χ1v) is 12.5. The van der Waals surface area contributed by atoms with E-state index in [1.54, 1.807) is 23.2 Å². The first-order chi connectivity index (χ1) is 16.9. The predicted octanol–water partition coefficient (Wildman–Crippen LogP) is 6.27. The smallest absolute Gasteiger partial charge is 0.253 e. The Labute approximate surface area is 212 Å². The topological polar surface area (TPSA) is 65.5 Å². The fourth-order valence-electron chi connectivity index (χ4n) is 4.35. The van der Waals surface area contributed by atoms with E-state index in [2.05, 4.69) is 9.71 Å². The number of carbonyl (C=O) groups is 1. The second-order valence-corrected chi connectivity index (χ2v) is 9.82. The Bertz CT molecular complexity index is 1370. The molecule has 0 unspecified atom stereocenters. The number of aliphatic hydroxyl groups is 1. The van der Waals surface area contributed by atoms with Crippen LogP contribution in [0, 0.1) is 5.82 Å². The zero-order valence-electron chi connectivity index (χ0n) is 18.7. The van der Waals surface area contributed by atoms with E-state index in [9.17, 15) is 14.3 Å². The monoisotopic (exact) mass is 507 g/mol. The number of amides is 1. The summed E-state index contributed by atoms with van der Waals surface area (Å²) < 4.78 is 16.7. The Morgan fingerprint density at radius 3 is 2.54 bits per heavy atom. The van der Waals surface area contributed by atoms with Gasteiger partial charge in [0, 0.05) is 46.5 Å². The number of pyridine rings is 1. The first kappa shape index (κ1) is 23.6. The van der Waals surface area contributed by atoms with Crippen molar-refractivity contribution in [2.75, 3.05) is 17.8 Å². The third-order valence-electron chi connectivity index (χ3n) is 6.32. The molecule has 2 heterocycles. The number of nitrogens with zero attached hydrogens (tertiary/aromatic N) is 2. The number of para-hydroxylation sites is 1. The van der Waals surface area contributed by atoms with Gasteiger partial charge >= 0.3 is 0 Å². The molecule has 1 amide bonds. The van der Waals surface area contributed by atoms with Crippen LogP contribution in [-0.4, -0.2) is 34.0 Å². The fraction of sp³-hybridized carbons (Fsp3) is 0.185. The number of likely N-dealkylation sites (tertiary alicyclic amines) is 1. The van der Waals surface area contributed by atoms with Crippen LogP contribution in [0.3, 0.4) is 0 Å². The lowest BCUT2D eigenvalue weighted by Crippen LogP contribution is -2.45. The molecular formula is C27H23ClFN3O2S. The maximum absolute atomic E-state index is 13.4. The van der Waals surface area contributed by atoms with Crippen LogP contribution in [0.1, 0.15) is 28.8 Å². The lowest BCUT2D eigenvalue weighted by Gasteiger charge is -2.39. The molecule has 8 heteroatoms. The van der Waals surface area contributed by atoms with Crippen molar-refractivity contribution in [3.05, 3.63) is 101 Å². The minimum Gasteiger partial charge on any atom is -0.385 e. The van der Waals surface area contributed by atoms with Crippen LogP contribution in [0.25, 0.3) is 10.9 Å². The van der Waals surface area contributed by atoms with Crippen LogP contribution >= 0.6 is 23.5 Å². The molecule has 3 aromatic carbocycles. The van der Waals surface area contributed by atoms with Gasteiger partial charge in [-0.2, -0.15) is 0 Å². The van der Waals surface area contributed by atoms with E-state index < -0.39 is 11.4 Å². The maximum Gasteiger partial charge on any atom is 0.253 e. The minimum absolute atomic E-state index is 0.0882. The summed E-state index contributed by atoms with van der Waals surface area (Å²) in [6.07, 6.45) is 2.45. The van der Waals surface area contributed by atoms with Crippen LogP contribution < -0.4 is 4.72 Å². The van der Waals surface area contributed by atoms with E-state index in [0.29, 0.717) is 37.1 Å². The van der Waals surface area contributed by atoms with Crippen molar-refractivity contribution in [1.82, 2.24) is 9.88 Å². The van der Waals surface area contributed by atoms with Crippen molar-refractivity contribution in [3.8, 4) is 0 Å². The summed E-state index contributed by atoms with van der Waals surface area (Å²) in [5.41, 5.74) is 1.72. The van der Waals surface area contributed by atoms with Gasteiger partial charge in [0.1, 0.15) is 5.82 Å². The summed E-state index contributed by atoms with van der Waals surface area (Å²) in [5.74, 6) is -0.533. The quantitative estimate of drug-likeness (QED) is 0.312. The molecule has 1 aliphatic heterocycles. The molecule has 2 N–H and O–H groups in total. The summed E-state index contributed by atoms with van der Waals surface area (Å²) in [6.45, 7) is 0.764. The molecule has 178 valence electrons. The molecule has 1 fully saturated rings. The molecule has 0 spiro atoms. The van der Waals surface area contributed by atoms with Gasteiger partial charge in [-0.05, 0) is 73.3 Å². The average molecular weight is 508 g/mol. The molecule has 1 saturated heterocycles. The molecule has 35 heavy (non-hydrogen) atoms. The zero-order chi connectivity index (χ0) is 24.4. The van der Waals surface area contributed by atoms with Crippen LogP contribution in [0.2, 0.25) is 5.02 Å². The molecule has 0 bridgehead atoms. The number of halogens is 2. The van der Waals surface area contributed by atoms with Crippen molar-refractivity contribution in [1.29, 1.82) is 0 Å². The highest BCUT2D eigenvalue weighted by Gasteiger charge is 2.37. The van der Waals surface area contributed by atoms with Crippen LogP contribution in [0.5, 0.6) is 0 Å². The fourth-order valence-corrected chi connectivity index (χ4v) is 5.47. The largest absolute Gasteiger partial charge is 0.385 e. The van der Waals surface area contributed by atoms with Crippen molar-refractivity contribution in [3.63, 3.8) is 0 Å². The van der Waals surface area contributed by atoms with Gasteiger partial charge in [0.2, 0.25) is 0 Å². The molecule has 1 aliphatic rings. The Morgan fingerprint density at radius 2 is 1.80 bits per heavy atom. The number of fused-ring (bicyclic) bond motifs is 1. The number of benzene rings is 3. The van der Waals surface area contributed by atoms with Gasteiger partial charge in [-0.15, -0.1) is 0 Å². The molecule has 1 aromatic heterocycles. The summed E-state index contributed by atoms with van der Waals surface area (Å²) in [5, 5.41) is 12.4. The number of rotatable bonds is 5. The second-order valence-electron chi connectivity index (χ2n) is 8.56. The number of aromatic nitrogens is 1. The third-order valence-corrected chi connectivity index (χ3v) is 7.52. The van der Waals surface area contributed by atoms with E-state index in [1.165, 1.54) is 30.1 Å². The van der Waals surface area contributed by atoms with Gasteiger partial charge < -0.3 is 14.7 Å². The first-order valence-electron chi connectivity index (χ1n) is 11.3. The van der Waals surface area contributed by atoms with Gasteiger partial charge in [-0.1, -0.05) is 35.9 Å². The van der Waals surface area contributed by atoms with Gasteiger partial charge in [-0.25, -0.2) is 4.39 Å². The number of hydrogen-bond donors (Lipinski definition) is 2. The molecule has 5 nitrogen and oxygen atoms in total. The Morgan fingerprint density at radius 1 is 1.06 bits per heavy atom. The molecular weight excluding hydrogens is 485 g/mol. The standard InChI is InChI=1S/C27H23ClFN3O2S/c28-23-17-20(29)8-11-22(23)27(34)12-15-32(16-13-27)26(33)19-6-9-21(10-7-19)31-35-24-5-1-3-18-4-2-14-30-25(18)24/h1-11,14,17,31,34H,12-13,15-16H2.